The van der Waals surface area contributed by atoms with Crippen molar-refractivity contribution in [3.05, 3.63) is 59.3 Å². The van der Waals surface area contributed by atoms with Gasteiger partial charge < -0.3 is 29.6 Å². The highest BCUT2D eigenvalue weighted by atomic mass is 31.2. The molecule has 4 heterocycles. The van der Waals surface area contributed by atoms with Crippen LogP contribution in [-0.2, 0) is 39.2 Å². The Hall–Kier alpha value is -3.50. The van der Waals surface area contributed by atoms with Crippen LogP contribution in [0.4, 0.5) is 10.2 Å². The van der Waals surface area contributed by atoms with Gasteiger partial charge in [-0.05, 0) is 56.2 Å². The van der Waals surface area contributed by atoms with Crippen LogP contribution in [0.5, 0.6) is 0 Å². The van der Waals surface area contributed by atoms with Gasteiger partial charge in [0.05, 0.1) is 36.6 Å². The lowest BCUT2D eigenvalue weighted by Gasteiger charge is -2.29. The van der Waals surface area contributed by atoms with Gasteiger partial charge in [-0.25, -0.2) is 18.5 Å². The fraction of sp³-hybridized carbons (Fsp3) is 0.682. The quantitative estimate of drug-likeness (QED) is 0.0518. The summed E-state index contributed by atoms with van der Waals surface area (Å²) in [5, 5.41) is 24.1. The van der Waals surface area contributed by atoms with E-state index in [1.807, 2.05) is 6.07 Å². The number of phosphoric ester groups is 1. The molecule has 2 aliphatic rings. The van der Waals surface area contributed by atoms with Gasteiger partial charge in [0, 0.05) is 0 Å². The van der Waals surface area contributed by atoms with Crippen molar-refractivity contribution in [1.29, 1.82) is 10.5 Å². The van der Waals surface area contributed by atoms with Gasteiger partial charge in [-0.15, -0.1) is 0 Å². The number of halogens is 1. The van der Waals surface area contributed by atoms with E-state index in [-0.39, 0.29) is 24.6 Å². The van der Waals surface area contributed by atoms with Crippen molar-refractivity contribution in [2.75, 3.05) is 18.9 Å². The number of aromatic nitrogens is 3. The zero-order valence-electron chi connectivity index (χ0n) is 35.6. The van der Waals surface area contributed by atoms with E-state index in [0.717, 1.165) is 31.7 Å². The maximum absolute atomic E-state index is 14.2. The molecule has 16 heteroatoms. The lowest BCUT2D eigenvalue weighted by atomic mass is 9.96. The third-order valence-electron chi connectivity index (χ3n) is 11.3. The lowest BCUT2D eigenvalue weighted by molar-refractivity contribution is -0.204. The number of benzene rings is 1. The van der Waals surface area contributed by atoms with Crippen LogP contribution >= 0.6 is 7.82 Å². The molecule has 0 spiro atoms. The minimum atomic E-state index is -4.80. The highest BCUT2D eigenvalue weighted by Gasteiger charge is 2.65. The molecule has 14 nitrogen and oxygen atoms in total. The zero-order chi connectivity index (χ0) is 43.0. The highest BCUT2D eigenvalue weighted by molar-refractivity contribution is 7.47. The van der Waals surface area contributed by atoms with E-state index in [9.17, 15) is 24.4 Å². The molecule has 1 aromatic carbocycles. The molecule has 2 saturated heterocycles. The van der Waals surface area contributed by atoms with E-state index in [0.29, 0.717) is 23.2 Å². The third kappa shape index (κ3) is 13.8. The van der Waals surface area contributed by atoms with E-state index >= 15 is 0 Å². The lowest BCUT2D eigenvalue weighted by Crippen LogP contribution is -2.45. The van der Waals surface area contributed by atoms with Crippen molar-refractivity contribution < 1.29 is 41.8 Å². The Morgan fingerprint density at radius 2 is 1.55 bits per heavy atom. The molecule has 6 atom stereocenters. The second kappa shape index (κ2) is 23.1. The molecule has 0 bridgehead atoms. The minimum absolute atomic E-state index is 0.0377. The van der Waals surface area contributed by atoms with Gasteiger partial charge in [0.2, 0.25) is 5.60 Å². The molecule has 5 rings (SSSR count). The van der Waals surface area contributed by atoms with E-state index in [4.69, 9.17) is 33.7 Å². The molecule has 2 unspecified atom stereocenters. The Kier molecular flexibility index (Phi) is 18.3. The number of anilines is 1. The molecular formula is C44H64FN6O8P. The first kappa shape index (κ1) is 47.5. The maximum Gasteiger partial charge on any atom is 0.472 e. The number of hydrogen-bond acceptors (Lipinski definition) is 12. The number of unbranched alkanes of at least 4 members (excludes halogenated alkanes) is 16. The third-order valence-corrected chi connectivity index (χ3v) is 12.2. The molecule has 0 radical (unpaired) electrons. The normalized spacial score (nSPS) is 22.4. The van der Waals surface area contributed by atoms with E-state index in [1.165, 1.54) is 106 Å². The number of fused-ring (bicyclic) bond motifs is 2. The summed E-state index contributed by atoms with van der Waals surface area (Å²) in [6, 6.07) is 11.5. The van der Waals surface area contributed by atoms with Crippen LogP contribution in [0.2, 0.25) is 0 Å². The molecule has 0 saturated carbocycles. The van der Waals surface area contributed by atoms with Gasteiger partial charge in [0.15, 0.2) is 11.6 Å². The summed E-state index contributed by atoms with van der Waals surface area (Å²) in [5.41, 5.74) is 5.83. The number of nitrogens with zero attached hydrogens (tertiary/aromatic N) is 5. The van der Waals surface area contributed by atoms with E-state index in [2.05, 4.69) is 23.1 Å². The first-order chi connectivity index (χ1) is 28.9. The maximum atomic E-state index is 14.2. The largest absolute Gasteiger partial charge is 0.472 e. The first-order valence-corrected chi connectivity index (χ1v) is 23.3. The zero-order valence-corrected chi connectivity index (χ0v) is 36.5. The van der Waals surface area contributed by atoms with E-state index < -0.39 is 56.1 Å². The van der Waals surface area contributed by atoms with Crippen LogP contribution < -0.4 is 5.73 Å². The summed E-state index contributed by atoms with van der Waals surface area (Å²) in [4.78, 5) is 14.9. The smallest absolute Gasteiger partial charge is 0.382 e. The molecule has 0 amide bonds. The molecular weight excluding hydrogens is 790 g/mol. The van der Waals surface area contributed by atoms with Gasteiger partial charge in [-0.2, -0.15) is 15.6 Å². The number of nitriles is 2. The van der Waals surface area contributed by atoms with Crippen LogP contribution in [0, 0.1) is 28.5 Å². The number of phosphoric acid groups is 1. The number of rotatable bonds is 28. The molecule has 60 heavy (non-hydrogen) atoms. The van der Waals surface area contributed by atoms with Crippen molar-refractivity contribution in [2.45, 2.75) is 179 Å². The number of nitrogen functional groups attached to an aromatic ring is 1. The highest BCUT2D eigenvalue weighted by Crippen LogP contribution is 2.52. The summed E-state index contributed by atoms with van der Waals surface area (Å²) in [5.74, 6) is -1.42. The molecule has 0 aliphatic carbocycles. The molecule has 3 aromatic rings. The van der Waals surface area contributed by atoms with Crippen molar-refractivity contribution in [1.82, 2.24) is 14.6 Å². The van der Waals surface area contributed by atoms with Crippen LogP contribution in [0.25, 0.3) is 5.52 Å². The topological polar surface area (TPSA) is 196 Å². The summed E-state index contributed by atoms with van der Waals surface area (Å²) >= 11 is 0. The summed E-state index contributed by atoms with van der Waals surface area (Å²) < 4.78 is 64.8. The molecule has 2 fully saturated rings. The SMILES string of the molecule is CCCCCCCCCCCCCCCCCCC[C@@H](COP(=O)(O)OC[C@@]1(C#N)OC(c2ccc3c(N)ncnn23)[C@@H]2OC(C)(C)O[C@@H]21)OCc1cc(F)cc(C#N)c1. The standard InChI is InChI=1S/C44H64FN6O8P/c1-4-5-6-7-8-9-10-11-12-13-14-15-16-17-18-19-20-21-36(54-28-34-24-33(27-46)25-35(45)26-34)29-55-60(52,53)56-31-44(30-47)41-40(57-43(2,3)59-41)39(58-44)37-22-23-38-42(48)49-32-50-51(37)38/h22-26,32,36,39-41H,4-21,28-29,31H2,1-3H3,(H,52,53)(H2,48,49,50)/t36-,39?,40-,41-,44+/m0/s1. The Morgan fingerprint density at radius 1 is 0.917 bits per heavy atom. The Balaban J connectivity index is 1.10. The first-order valence-electron chi connectivity index (χ1n) is 21.8. The fourth-order valence-corrected chi connectivity index (χ4v) is 8.89. The summed E-state index contributed by atoms with van der Waals surface area (Å²) in [7, 11) is -4.80. The molecule has 2 aromatic heterocycles. The molecule has 3 N–H and O–H groups in total. The summed E-state index contributed by atoms with van der Waals surface area (Å²) in [6.07, 6.45) is 19.6. The number of nitrogens with two attached hydrogens (primary N) is 1. The van der Waals surface area contributed by atoms with Crippen LogP contribution in [0.1, 0.15) is 159 Å². The number of hydrogen-bond donors (Lipinski definition) is 2. The van der Waals surface area contributed by atoms with Gasteiger partial charge in [0.25, 0.3) is 0 Å². The predicted octanol–water partition coefficient (Wildman–Crippen LogP) is 9.94. The van der Waals surface area contributed by atoms with Gasteiger partial charge in [-0.1, -0.05) is 116 Å². The van der Waals surface area contributed by atoms with Gasteiger partial charge in [0.1, 0.15) is 48.6 Å². The van der Waals surface area contributed by atoms with Crippen molar-refractivity contribution >= 4 is 19.2 Å². The van der Waals surface area contributed by atoms with Crippen LogP contribution in [0.3, 0.4) is 0 Å². The predicted molar refractivity (Wildman–Crippen MR) is 224 cm³/mol. The fourth-order valence-electron chi connectivity index (χ4n) is 8.10. The van der Waals surface area contributed by atoms with Crippen molar-refractivity contribution in [2.24, 2.45) is 0 Å². The second-order valence-electron chi connectivity index (χ2n) is 16.6. The minimum Gasteiger partial charge on any atom is -0.382 e. The average molecular weight is 855 g/mol. The van der Waals surface area contributed by atoms with Gasteiger partial charge in [-0.3, -0.25) is 9.05 Å². The van der Waals surface area contributed by atoms with E-state index in [1.54, 1.807) is 26.0 Å². The molecule has 2 aliphatic heterocycles. The van der Waals surface area contributed by atoms with Gasteiger partial charge >= 0.3 is 7.82 Å². The molecule has 330 valence electrons. The number of ether oxygens (including phenoxy) is 4. The second-order valence-corrected chi connectivity index (χ2v) is 18.1. The van der Waals surface area contributed by atoms with Crippen molar-refractivity contribution in [3.8, 4) is 12.1 Å². The van der Waals surface area contributed by atoms with Crippen LogP contribution in [-0.4, -0.2) is 62.4 Å². The van der Waals surface area contributed by atoms with Crippen LogP contribution in [0.15, 0.2) is 36.7 Å². The Morgan fingerprint density at radius 3 is 2.17 bits per heavy atom. The Labute approximate surface area is 354 Å². The van der Waals surface area contributed by atoms with Crippen molar-refractivity contribution in [3.63, 3.8) is 0 Å². The summed E-state index contributed by atoms with van der Waals surface area (Å²) in [6.45, 7) is 4.63. The monoisotopic (exact) mass is 854 g/mol. The Bertz CT molecular complexity index is 1940. The average Bonchev–Trinajstić information content (AvgIpc) is 3.89.